The second kappa shape index (κ2) is 10.1. The van der Waals surface area contributed by atoms with Crippen molar-refractivity contribution in [3.05, 3.63) is 71.5 Å². The summed E-state index contributed by atoms with van der Waals surface area (Å²) in [5.41, 5.74) is 5.61. The number of methoxy groups -OCH3 is 1. The molecule has 0 radical (unpaired) electrons. The quantitative estimate of drug-likeness (QED) is 0.543. The third-order valence-electron chi connectivity index (χ3n) is 5.75. The number of aromatic nitrogens is 2. The minimum Gasteiger partial charge on any atom is -0.497 e. The summed E-state index contributed by atoms with van der Waals surface area (Å²) >= 11 is 1.68. The fourth-order valence-corrected chi connectivity index (χ4v) is 4.87. The molecule has 0 saturated carbocycles. The number of thioether (sulfide) groups is 1. The van der Waals surface area contributed by atoms with Gasteiger partial charge in [-0.1, -0.05) is 12.1 Å². The number of nitrogens with zero attached hydrogens (tertiary/aromatic N) is 4. The van der Waals surface area contributed by atoms with Gasteiger partial charge < -0.3 is 14.5 Å². The SMILES string of the molecule is COc1ccc(N2CCN(C(=O)CSCc3ccc(-n4nc(C)cc4C)cc3)CC2)cc1. The van der Waals surface area contributed by atoms with Crippen LogP contribution < -0.4 is 9.64 Å². The normalized spacial score (nSPS) is 14.0. The van der Waals surface area contributed by atoms with E-state index in [2.05, 4.69) is 59.4 Å². The van der Waals surface area contributed by atoms with Crippen molar-refractivity contribution in [2.24, 2.45) is 0 Å². The zero-order chi connectivity index (χ0) is 22.5. The maximum absolute atomic E-state index is 12.7. The number of carbonyl (C=O) groups is 1. The Hall–Kier alpha value is -2.93. The number of anilines is 1. The Balaban J connectivity index is 1.22. The summed E-state index contributed by atoms with van der Waals surface area (Å²) < 4.78 is 7.19. The van der Waals surface area contributed by atoms with Crippen molar-refractivity contribution in [2.75, 3.05) is 43.9 Å². The molecule has 1 aliphatic heterocycles. The molecule has 1 amide bonds. The van der Waals surface area contributed by atoms with Gasteiger partial charge in [0.1, 0.15) is 5.75 Å². The Kier molecular flexibility index (Phi) is 7.05. The van der Waals surface area contributed by atoms with E-state index in [9.17, 15) is 4.79 Å². The van der Waals surface area contributed by atoms with Gasteiger partial charge in [0.05, 0.1) is 24.2 Å². The van der Waals surface area contributed by atoms with Crippen LogP contribution in [0.4, 0.5) is 5.69 Å². The van der Waals surface area contributed by atoms with Crippen LogP contribution in [0.3, 0.4) is 0 Å². The number of carbonyl (C=O) groups excluding carboxylic acids is 1. The van der Waals surface area contributed by atoms with E-state index >= 15 is 0 Å². The maximum Gasteiger partial charge on any atom is 0.232 e. The summed E-state index contributed by atoms with van der Waals surface area (Å²) in [6, 6.07) is 18.6. The third-order valence-corrected chi connectivity index (χ3v) is 6.74. The molecular weight excluding hydrogens is 420 g/mol. The molecule has 1 aliphatic rings. The molecule has 6 nitrogen and oxygen atoms in total. The van der Waals surface area contributed by atoms with Gasteiger partial charge in [-0.25, -0.2) is 4.68 Å². The first kappa shape index (κ1) is 22.3. The van der Waals surface area contributed by atoms with Crippen LogP contribution in [0.5, 0.6) is 5.75 Å². The molecule has 0 spiro atoms. The highest BCUT2D eigenvalue weighted by Crippen LogP contribution is 2.21. The van der Waals surface area contributed by atoms with Gasteiger partial charge in [-0.3, -0.25) is 4.79 Å². The van der Waals surface area contributed by atoms with E-state index in [1.165, 1.54) is 11.3 Å². The molecule has 0 N–H and O–H groups in total. The topological polar surface area (TPSA) is 50.6 Å². The Morgan fingerprint density at radius 2 is 1.62 bits per heavy atom. The number of ether oxygens (including phenoxy) is 1. The van der Waals surface area contributed by atoms with Gasteiger partial charge in [-0.2, -0.15) is 5.10 Å². The molecule has 168 valence electrons. The zero-order valence-electron chi connectivity index (χ0n) is 19.0. The number of aryl methyl sites for hydroxylation is 2. The highest BCUT2D eigenvalue weighted by molar-refractivity contribution is 7.99. The molecule has 32 heavy (non-hydrogen) atoms. The first-order chi connectivity index (χ1) is 15.5. The summed E-state index contributed by atoms with van der Waals surface area (Å²) in [5.74, 6) is 2.43. The first-order valence-corrected chi connectivity index (χ1v) is 12.1. The lowest BCUT2D eigenvalue weighted by Gasteiger charge is -2.36. The summed E-state index contributed by atoms with van der Waals surface area (Å²) in [4.78, 5) is 17.0. The molecule has 2 heterocycles. The van der Waals surface area contributed by atoms with Gasteiger partial charge in [-0.05, 0) is 61.9 Å². The molecule has 0 aliphatic carbocycles. The number of piperazine rings is 1. The van der Waals surface area contributed by atoms with Gasteiger partial charge in [0.25, 0.3) is 0 Å². The van der Waals surface area contributed by atoms with E-state index in [1.54, 1.807) is 18.9 Å². The lowest BCUT2D eigenvalue weighted by atomic mass is 10.2. The van der Waals surface area contributed by atoms with Crippen molar-refractivity contribution in [2.45, 2.75) is 19.6 Å². The highest BCUT2D eigenvalue weighted by atomic mass is 32.2. The molecule has 1 saturated heterocycles. The molecule has 2 aromatic carbocycles. The van der Waals surface area contributed by atoms with Gasteiger partial charge in [0.15, 0.2) is 0 Å². The molecule has 1 aromatic heterocycles. The van der Waals surface area contributed by atoms with Crippen molar-refractivity contribution in [3.63, 3.8) is 0 Å². The van der Waals surface area contributed by atoms with Crippen LogP contribution in [0.15, 0.2) is 54.6 Å². The first-order valence-electron chi connectivity index (χ1n) is 10.9. The van der Waals surface area contributed by atoms with E-state index in [0.29, 0.717) is 5.75 Å². The molecule has 4 rings (SSSR count). The van der Waals surface area contributed by atoms with Gasteiger partial charge in [0, 0.05) is 43.3 Å². The van der Waals surface area contributed by atoms with Crippen molar-refractivity contribution in [1.29, 1.82) is 0 Å². The molecular formula is C25H30N4O2S. The largest absolute Gasteiger partial charge is 0.497 e. The maximum atomic E-state index is 12.7. The Labute approximate surface area is 194 Å². The Morgan fingerprint density at radius 3 is 2.22 bits per heavy atom. The Morgan fingerprint density at radius 1 is 0.969 bits per heavy atom. The van der Waals surface area contributed by atoms with Crippen molar-refractivity contribution in [3.8, 4) is 11.4 Å². The minimum atomic E-state index is 0.226. The molecule has 0 unspecified atom stereocenters. The second-order valence-electron chi connectivity index (χ2n) is 8.06. The smallest absolute Gasteiger partial charge is 0.232 e. The standard InChI is InChI=1S/C25H30N4O2S/c1-19-16-20(2)29(26-19)23-6-4-21(5-7-23)17-32-18-25(30)28-14-12-27(13-15-28)22-8-10-24(31-3)11-9-22/h4-11,16H,12-15,17-18H2,1-3H3. The van der Waals surface area contributed by atoms with Gasteiger partial charge in [-0.15, -0.1) is 11.8 Å². The van der Waals surface area contributed by atoms with Crippen molar-refractivity contribution < 1.29 is 9.53 Å². The van der Waals surface area contributed by atoms with Crippen molar-refractivity contribution >= 4 is 23.4 Å². The number of benzene rings is 2. The van der Waals surface area contributed by atoms with E-state index in [-0.39, 0.29) is 5.91 Å². The van der Waals surface area contributed by atoms with E-state index in [0.717, 1.165) is 54.8 Å². The molecule has 0 bridgehead atoms. The number of hydrogen-bond donors (Lipinski definition) is 0. The van der Waals surface area contributed by atoms with Crippen LogP contribution in [0, 0.1) is 13.8 Å². The predicted molar refractivity (Wildman–Crippen MR) is 131 cm³/mol. The lowest BCUT2D eigenvalue weighted by molar-refractivity contribution is -0.128. The zero-order valence-corrected chi connectivity index (χ0v) is 19.8. The monoisotopic (exact) mass is 450 g/mol. The molecule has 3 aromatic rings. The fourth-order valence-electron chi connectivity index (χ4n) is 3.98. The lowest BCUT2D eigenvalue weighted by Crippen LogP contribution is -2.49. The number of hydrogen-bond acceptors (Lipinski definition) is 5. The van der Waals surface area contributed by atoms with E-state index < -0.39 is 0 Å². The summed E-state index contributed by atoms with van der Waals surface area (Å²) in [7, 11) is 1.68. The summed E-state index contributed by atoms with van der Waals surface area (Å²) in [6.07, 6.45) is 0. The van der Waals surface area contributed by atoms with Crippen LogP contribution in [0.1, 0.15) is 17.0 Å². The molecule has 0 atom stereocenters. The van der Waals surface area contributed by atoms with Crippen molar-refractivity contribution in [1.82, 2.24) is 14.7 Å². The van der Waals surface area contributed by atoms with Crippen LogP contribution in [-0.4, -0.2) is 59.6 Å². The van der Waals surface area contributed by atoms with Gasteiger partial charge in [0.2, 0.25) is 5.91 Å². The summed E-state index contributed by atoms with van der Waals surface area (Å²) in [6.45, 7) is 7.31. The van der Waals surface area contributed by atoms with Crippen LogP contribution in [0.2, 0.25) is 0 Å². The van der Waals surface area contributed by atoms with Crippen LogP contribution in [-0.2, 0) is 10.5 Å². The summed E-state index contributed by atoms with van der Waals surface area (Å²) in [5, 5.41) is 4.53. The fraction of sp³-hybridized carbons (Fsp3) is 0.360. The highest BCUT2D eigenvalue weighted by Gasteiger charge is 2.21. The third kappa shape index (κ3) is 5.27. The Bertz CT molecular complexity index is 1040. The predicted octanol–water partition coefficient (Wildman–Crippen LogP) is 4.08. The van der Waals surface area contributed by atoms with Crippen LogP contribution in [0.25, 0.3) is 5.69 Å². The second-order valence-corrected chi connectivity index (χ2v) is 9.05. The van der Waals surface area contributed by atoms with E-state index in [4.69, 9.17) is 4.74 Å². The average Bonchev–Trinajstić information content (AvgIpc) is 3.17. The molecule has 7 heteroatoms. The number of amides is 1. The number of rotatable bonds is 7. The van der Waals surface area contributed by atoms with Crippen LogP contribution >= 0.6 is 11.8 Å². The minimum absolute atomic E-state index is 0.226. The average molecular weight is 451 g/mol. The van der Waals surface area contributed by atoms with E-state index in [1.807, 2.05) is 28.6 Å². The van der Waals surface area contributed by atoms with Gasteiger partial charge >= 0.3 is 0 Å². The molecule has 1 fully saturated rings.